The summed E-state index contributed by atoms with van der Waals surface area (Å²) in [4.78, 5) is 2.64. The maximum Gasteiger partial charge on any atom is 0.130 e. The van der Waals surface area contributed by atoms with E-state index >= 15 is 0 Å². The number of aliphatic hydroxyl groups excluding tert-OH is 1. The summed E-state index contributed by atoms with van der Waals surface area (Å²) >= 11 is 0. The number of fused-ring (bicyclic) bond motifs is 3. The Morgan fingerprint density at radius 1 is 1.00 bits per heavy atom. The third-order valence-electron chi connectivity index (χ3n) is 11.6. The van der Waals surface area contributed by atoms with Gasteiger partial charge in [-0.25, -0.2) is 0 Å². The fourth-order valence-electron chi connectivity index (χ4n) is 10.0. The Balaban J connectivity index is 1.22. The minimum atomic E-state index is -0.870. The van der Waals surface area contributed by atoms with Gasteiger partial charge >= 0.3 is 0 Å². The van der Waals surface area contributed by atoms with Crippen LogP contribution in [0.2, 0.25) is 0 Å². The molecule has 0 aromatic rings. The van der Waals surface area contributed by atoms with E-state index in [1.165, 1.54) is 57.9 Å². The molecule has 9 atom stereocenters. The molecule has 1 heterocycles. The lowest BCUT2D eigenvalue weighted by Crippen LogP contribution is -2.54. The van der Waals surface area contributed by atoms with E-state index < -0.39 is 5.60 Å². The molecule has 0 aromatic carbocycles. The molecular formula is C26H39NO2. The van der Waals surface area contributed by atoms with Crippen molar-refractivity contribution in [2.45, 2.75) is 102 Å². The highest BCUT2D eigenvalue weighted by Gasteiger charge is 2.76. The van der Waals surface area contributed by atoms with Gasteiger partial charge in [0.15, 0.2) is 0 Å². The number of rotatable bonds is 1. The number of likely N-dealkylation sites (tertiary alicyclic amines) is 1. The van der Waals surface area contributed by atoms with Crippen molar-refractivity contribution in [2.75, 3.05) is 13.1 Å². The molecule has 0 bridgehead atoms. The van der Waals surface area contributed by atoms with Crippen molar-refractivity contribution in [3.8, 4) is 12.3 Å². The second kappa shape index (κ2) is 6.02. The van der Waals surface area contributed by atoms with Gasteiger partial charge in [0.1, 0.15) is 5.60 Å². The van der Waals surface area contributed by atoms with Crippen molar-refractivity contribution in [2.24, 2.45) is 34.0 Å². The van der Waals surface area contributed by atoms with Crippen LogP contribution in [0.5, 0.6) is 0 Å². The Hall–Kier alpha value is -0.560. The average molecular weight is 398 g/mol. The number of β-amino-alcohol motifs (C(OH)–C–C–N with tert-alkyl or cyclic N) is 1. The molecule has 1 aliphatic heterocycles. The van der Waals surface area contributed by atoms with Crippen LogP contribution in [0.4, 0.5) is 0 Å². The summed E-state index contributed by atoms with van der Waals surface area (Å²) in [6.07, 6.45) is 20.6. The number of hydrogen-bond acceptors (Lipinski definition) is 3. The number of aliphatic hydroxyl groups is 2. The van der Waals surface area contributed by atoms with Crippen molar-refractivity contribution >= 4 is 0 Å². The van der Waals surface area contributed by atoms with Gasteiger partial charge in [0, 0.05) is 18.0 Å². The van der Waals surface area contributed by atoms with Crippen LogP contribution in [0, 0.1) is 46.3 Å². The van der Waals surface area contributed by atoms with Gasteiger partial charge in [-0.05, 0) is 112 Å². The van der Waals surface area contributed by atoms with Crippen LogP contribution in [0.3, 0.4) is 0 Å². The quantitative estimate of drug-likeness (QED) is 0.658. The van der Waals surface area contributed by atoms with Gasteiger partial charge in [-0.1, -0.05) is 12.8 Å². The van der Waals surface area contributed by atoms with Crippen molar-refractivity contribution in [1.82, 2.24) is 4.90 Å². The molecule has 1 saturated heterocycles. The summed E-state index contributed by atoms with van der Waals surface area (Å²) < 4.78 is 0. The van der Waals surface area contributed by atoms with E-state index in [0.717, 1.165) is 44.1 Å². The third-order valence-corrected chi connectivity index (χ3v) is 11.6. The molecule has 0 spiro atoms. The van der Waals surface area contributed by atoms with E-state index in [1.807, 2.05) is 0 Å². The molecule has 1 unspecified atom stereocenters. The van der Waals surface area contributed by atoms with Crippen LogP contribution in [-0.4, -0.2) is 45.9 Å². The van der Waals surface area contributed by atoms with Gasteiger partial charge < -0.3 is 10.2 Å². The van der Waals surface area contributed by atoms with Crippen LogP contribution >= 0.6 is 0 Å². The molecule has 160 valence electrons. The van der Waals surface area contributed by atoms with Gasteiger partial charge in [0.05, 0.1) is 6.10 Å². The number of terminal acetylenes is 1. The molecule has 6 aliphatic rings. The first kappa shape index (κ1) is 19.1. The number of nitrogens with zero attached hydrogens (tertiary/aromatic N) is 1. The van der Waals surface area contributed by atoms with E-state index in [0.29, 0.717) is 22.8 Å². The summed E-state index contributed by atoms with van der Waals surface area (Å²) in [7, 11) is 0. The van der Waals surface area contributed by atoms with Gasteiger partial charge in [-0.15, -0.1) is 6.42 Å². The first-order chi connectivity index (χ1) is 13.9. The molecule has 6 fully saturated rings. The minimum Gasteiger partial charge on any atom is -0.392 e. The average Bonchev–Trinajstić information content (AvgIpc) is 3.34. The van der Waals surface area contributed by atoms with E-state index in [2.05, 4.69) is 17.7 Å². The molecule has 5 aliphatic carbocycles. The summed E-state index contributed by atoms with van der Waals surface area (Å²) in [5.74, 6) is 5.12. The molecule has 3 heteroatoms. The molecule has 29 heavy (non-hydrogen) atoms. The molecule has 2 N–H and O–H groups in total. The maximum absolute atomic E-state index is 11.2. The topological polar surface area (TPSA) is 43.7 Å². The highest BCUT2D eigenvalue weighted by atomic mass is 16.3. The third kappa shape index (κ3) is 2.32. The normalized spacial score (nSPS) is 59.0. The molecular weight excluding hydrogens is 358 g/mol. The standard InChI is InChI=1S/C26H39NO2/c1-3-26(29)13-9-21-20-7-11-24-15-18(27-14-4-5-19(28)16-27)6-12-25(24,17-24)22(20)8-10-23(21,26)2/h1,18-22,28-29H,4-17H2,2H3/t18?,19-,20+,21+,22+,23+,24-,25+,26+/m1/s1. The predicted molar refractivity (Wildman–Crippen MR) is 114 cm³/mol. The van der Waals surface area contributed by atoms with E-state index in [4.69, 9.17) is 6.42 Å². The van der Waals surface area contributed by atoms with Crippen LogP contribution < -0.4 is 0 Å². The van der Waals surface area contributed by atoms with Crippen LogP contribution in [0.15, 0.2) is 0 Å². The lowest BCUT2D eigenvalue weighted by molar-refractivity contribution is -0.111. The Bertz CT molecular complexity index is 745. The Morgan fingerprint density at radius 2 is 1.83 bits per heavy atom. The van der Waals surface area contributed by atoms with Gasteiger partial charge in [0.2, 0.25) is 0 Å². The predicted octanol–water partition coefficient (Wildman–Crippen LogP) is 3.97. The van der Waals surface area contributed by atoms with Crippen LogP contribution in [0.25, 0.3) is 0 Å². The van der Waals surface area contributed by atoms with Gasteiger partial charge in [0.25, 0.3) is 0 Å². The Morgan fingerprint density at radius 3 is 2.62 bits per heavy atom. The van der Waals surface area contributed by atoms with Crippen molar-refractivity contribution in [3.05, 3.63) is 0 Å². The highest BCUT2D eigenvalue weighted by Crippen LogP contribution is 2.83. The molecule has 3 nitrogen and oxygen atoms in total. The monoisotopic (exact) mass is 397 g/mol. The van der Waals surface area contributed by atoms with Crippen molar-refractivity contribution in [1.29, 1.82) is 0 Å². The largest absolute Gasteiger partial charge is 0.392 e. The second-order valence-corrected chi connectivity index (χ2v) is 12.2. The molecule has 0 radical (unpaired) electrons. The number of hydrogen-bond donors (Lipinski definition) is 2. The fourth-order valence-corrected chi connectivity index (χ4v) is 10.0. The molecule has 5 saturated carbocycles. The zero-order valence-corrected chi connectivity index (χ0v) is 18.2. The number of piperidine rings is 1. The SMILES string of the molecule is C#C[C@]1(O)CC[C@H]2[C@@H]3CC[C@]45CC(N6CCC[C@@H](O)C6)CC[C@]4(C5)[C@H]3CC[C@@]21C. The lowest BCUT2D eigenvalue weighted by atomic mass is 9.49. The fraction of sp³-hybridized carbons (Fsp3) is 0.923. The van der Waals surface area contributed by atoms with Gasteiger partial charge in [-0.2, -0.15) is 0 Å². The smallest absolute Gasteiger partial charge is 0.130 e. The summed E-state index contributed by atoms with van der Waals surface area (Å²) in [6.45, 7) is 4.42. The minimum absolute atomic E-state index is 0.0599. The van der Waals surface area contributed by atoms with E-state index in [-0.39, 0.29) is 11.5 Å². The summed E-state index contributed by atoms with van der Waals surface area (Å²) in [5, 5.41) is 21.4. The Labute approximate surface area is 176 Å². The molecule has 0 amide bonds. The first-order valence-corrected chi connectivity index (χ1v) is 12.5. The van der Waals surface area contributed by atoms with Crippen molar-refractivity contribution < 1.29 is 10.2 Å². The lowest BCUT2D eigenvalue weighted by Gasteiger charge is -2.57. The van der Waals surface area contributed by atoms with Crippen LogP contribution in [0.1, 0.15) is 84.0 Å². The zero-order chi connectivity index (χ0) is 20.1. The summed E-state index contributed by atoms with van der Waals surface area (Å²) in [6, 6.07) is 0.712. The van der Waals surface area contributed by atoms with Crippen LogP contribution in [-0.2, 0) is 0 Å². The zero-order valence-electron chi connectivity index (χ0n) is 18.2. The summed E-state index contributed by atoms with van der Waals surface area (Å²) in [5.41, 5.74) is 0.286. The van der Waals surface area contributed by atoms with E-state index in [9.17, 15) is 10.2 Å². The van der Waals surface area contributed by atoms with E-state index in [1.54, 1.807) is 0 Å². The maximum atomic E-state index is 11.2. The van der Waals surface area contributed by atoms with Gasteiger partial charge in [-0.3, -0.25) is 4.90 Å². The van der Waals surface area contributed by atoms with Crippen molar-refractivity contribution in [3.63, 3.8) is 0 Å². The Kier molecular flexibility index (Phi) is 3.98. The highest BCUT2D eigenvalue weighted by molar-refractivity contribution is 5.28. The first-order valence-electron chi connectivity index (χ1n) is 12.5. The molecule has 0 aromatic heterocycles. The molecule has 6 rings (SSSR count). The second-order valence-electron chi connectivity index (χ2n) is 12.2.